The van der Waals surface area contributed by atoms with Gasteiger partial charge in [-0.15, -0.1) is 11.3 Å². The van der Waals surface area contributed by atoms with Crippen LogP contribution in [0.5, 0.6) is 0 Å². The maximum atomic E-state index is 12.9. The highest BCUT2D eigenvalue weighted by molar-refractivity contribution is 7.21. The van der Waals surface area contributed by atoms with Crippen LogP contribution in [0.1, 0.15) is 10.5 Å². The second-order valence-corrected chi connectivity index (χ2v) is 7.87. The zero-order valence-electron chi connectivity index (χ0n) is 16.1. The van der Waals surface area contributed by atoms with Crippen LogP contribution in [-0.4, -0.2) is 52.0 Å². The Hall–Kier alpha value is -3.43. The van der Waals surface area contributed by atoms with Crippen LogP contribution in [0.3, 0.4) is 0 Å². The minimum Gasteiger partial charge on any atom is -0.367 e. The molecule has 1 aliphatic heterocycles. The first-order chi connectivity index (χ1) is 14.8. The predicted octanol–water partition coefficient (Wildman–Crippen LogP) is 2.81. The monoisotopic (exact) mass is 417 g/mol. The van der Waals surface area contributed by atoms with Gasteiger partial charge in [0, 0.05) is 38.6 Å². The van der Waals surface area contributed by atoms with Crippen molar-refractivity contribution in [3.8, 4) is 10.8 Å². The molecule has 0 aliphatic carbocycles. The molecule has 1 aromatic carbocycles. The number of pyridine rings is 1. The van der Waals surface area contributed by atoms with Crippen LogP contribution in [-0.2, 0) is 0 Å². The molecule has 8 nitrogen and oxygen atoms in total. The Morgan fingerprint density at radius 2 is 1.93 bits per heavy atom. The summed E-state index contributed by atoms with van der Waals surface area (Å²) in [6.45, 7) is 3.57. The minimum absolute atomic E-state index is 0.286. The molecular formula is C21H19N7OS. The lowest BCUT2D eigenvalue weighted by atomic mass is 10.2. The van der Waals surface area contributed by atoms with Crippen molar-refractivity contribution in [3.63, 3.8) is 0 Å². The number of carbonyl (C=O) groups excluding carboxylic acids is 1. The number of fused-ring (bicyclic) bond motifs is 1. The predicted molar refractivity (Wildman–Crippen MR) is 118 cm³/mol. The number of rotatable bonds is 4. The van der Waals surface area contributed by atoms with Crippen molar-refractivity contribution in [2.24, 2.45) is 0 Å². The van der Waals surface area contributed by atoms with Crippen molar-refractivity contribution in [2.45, 2.75) is 0 Å². The number of thiazole rings is 1. The summed E-state index contributed by atoms with van der Waals surface area (Å²) in [4.78, 5) is 32.7. The molecule has 0 spiro atoms. The van der Waals surface area contributed by atoms with Gasteiger partial charge >= 0.3 is 0 Å². The lowest BCUT2D eigenvalue weighted by Gasteiger charge is -2.30. The number of carbonyl (C=O) groups is 1. The third kappa shape index (κ3) is 3.72. The molecule has 1 saturated heterocycles. The Morgan fingerprint density at radius 3 is 2.80 bits per heavy atom. The largest absolute Gasteiger partial charge is 0.367 e. The zero-order valence-corrected chi connectivity index (χ0v) is 16.9. The quantitative estimate of drug-likeness (QED) is 0.527. The Morgan fingerprint density at radius 1 is 1.07 bits per heavy atom. The Bertz CT molecular complexity index is 1170. The van der Waals surface area contributed by atoms with E-state index in [0.717, 1.165) is 42.1 Å². The molecule has 1 amide bonds. The zero-order chi connectivity index (χ0) is 20.3. The normalized spacial score (nSPS) is 14.1. The first kappa shape index (κ1) is 18.6. The van der Waals surface area contributed by atoms with Crippen molar-refractivity contribution < 1.29 is 4.79 Å². The fourth-order valence-electron chi connectivity index (χ4n) is 3.41. The molecule has 0 atom stereocenters. The SMILES string of the molecule is O=C(Nc1cnccc1N1CCNCC1)c1ccnc(-c2nc3ccccc3s2)n1. The van der Waals surface area contributed by atoms with Gasteiger partial charge in [0.15, 0.2) is 10.8 Å². The van der Waals surface area contributed by atoms with Gasteiger partial charge in [-0.1, -0.05) is 12.1 Å². The molecule has 1 aliphatic rings. The minimum atomic E-state index is -0.302. The highest BCUT2D eigenvalue weighted by Crippen LogP contribution is 2.28. The summed E-state index contributed by atoms with van der Waals surface area (Å²) in [7, 11) is 0. The van der Waals surface area contributed by atoms with Crippen LogP contribution < -0.4 is 15.5 Å². The van der Waals surface area contributed by atoms with Crippen molar-refractivity contribution in [1.82, 2.24) is 25.3 Å². The van der Waals surface area contributed by atoms with Gasteiger partial charge in [-0.2, -0.15) is 0 Å². The number of piperazine rings is 1. The number of nitrogens with one attached hydrogen (secondary N) is 2. The molecule has 4 aromatic rings. The van der Waals surface area contributed by atoms with Crippen LogP contribution in [0.25, 0.3) is 21.0 Å². The third-order valence-electron chi connectivity index (χ3n) is 4.88. The highest BCUT2D eigenvalue weighted by Gasteiger charge is 2.18. The first-order valence-corrected chi connectivity index (χ1v) is 10.5. The number of aromatic nitrogens is 4. The molecule has 9 heteroatoms. The molecular weight excluding hydrogens is 398 g/mol. The number of hydrogen-bond acceptors (Lipinski definition) is 8. The van der Waals surface area contributed by atoms with Gasteiger partial charge in [-0.3, -0.25) is 9.78 Å². The van der Waals surface area contributed by atoms with Gasteiger partial charge in [0.05, 0.1) is 27.8 Å². The number of para-hydroxylation sites is 1. The van der Waals surface area contributed by atoms with E-state index in [0.29, 0.717) is 16.5 Å². The number of anilines is 2. The van der Waals surface area contributed by atoms with E-state index < -0.39 is 0 Å². The Labute approximate surface area is 177 Å². The maximum Gasteiger partial charge on any atom is 0.274 e. The maximum absolute atomic E-state index is 12.9. The smallest absolute Gasteiger partial charge is 0.274 e. The summed E-state index contributed by atoms with van der Waals surface area (Å²) in [5.41, 5.74) is 2.81. The lowest BCUT2D eigenvalue weighted by Crippen LogP contribution is -2.43. The number of amides is 1. The molecule has 0 saturated carbocycles. The second-order valence-electron chi connectivity index (χ2n) is 6.84. The van der Waals surface area contributed by atoms with Crippen molar-refractivity contribution in [1.29, 1.82) is 0 Å². The van der Waals surface area contributed by atoms with E-state index >= 15 is 0 Å². The lowest BCUT2D eigenvalue weighted by molar-refractivity contribution is 0.102. The molecule has 30 heavy (non-hydrogen) atoms. The van der Waals surface area contributed by atoms with E-state index in [1.807, 2.05) is 30.3 Å². The average molecular weight is 417 g/mol. The van der Waals surface area contributed by atoms with Crippen LogP contribution >= 0.6 is 11.3 Å². The van der Waals surface area contributed by atoms with E-state index in [4.69, 9.17) is 0 Å². The van der Waals surface area contributed by atoms with Gasteiger partial charge in [0.25, 0.3) is 5.91 Å². The molecule has 150 valence electrons. The average Bonchev–Trinajstić information content (AvgIpc) is 3.25. The fourth-order valence-corrected chi connectivity index (χ4v) is 4.31. The topological polar surface area (TPSA) is 95.9 Å². The number of hydrogen-bond donors (Lipinski definition) is 2. The molecule has 0 unspecified atom stereocenters. The molecule has 5 rings (SSSR count). The van der Waals surface area contributed by atoms with E-state index in [1.54, 1.807) is 24.7 Å². The molecule has 3 aromatic heterocycles. The van der Waals surface area contributed by atoms with Crippen LogP contribution in [0.2, 0.25) is 0 Å². The van der Waals surface area contributed by atoms with E-state index in [9.17, 15) is 4.79 Å². The number of nitrogens with zero attached hydrogens (tertiary/aromatic N) is 5. The Kier molecular flexibility index (Phi) is 5.04. The summed E-state index contributed by atoms with van der Waals surface area (Å²) >= 11 is 1.51. The van der Waals surface area contributed by atoms with Gasteiger partial charge in [-0.05, 0) is 24.3 Å². The molecule has 0 bridgehead atoms. The Balaban J connectivity index is 1.40. The third-order valence-corrected chi connectivity index (χ3v) is 5.91. The van der Waals surface area contributed by atoms with E-state index in [-0.39, 0.29) is 11.6 Å². The van der Waals surface area contributed by atoms with Crippen LogP contribution in [0, 0.1) is 0 Å². The molecule has 1 fully saturated rings. The first-order valence-electron chi connectivity index (χ1n) is 9.68. The van der Waals surface area contributed by atoms with E-state index in [1.165, 1.54) is 11.3 Å². The molecule has 4 heterocycles. The van der Waals surface area contributed by atoms with Gasteiger partial charge in [0.2, 0.25) is 0 Å². The summed E-state index contributed by atoms with van der Waals surface area (Å²) < 4.78 is 1.06. The summed E-state index contributed by atoms with van der Waals surface area (Å²) in [6, 6.07) is 11.4. The van der Waals surface area contributed by atoms with Crippen LogP contribution in [0.15, 0.2) is 55.0 Å². The van der Waals surface area contributed by atoms with Crippen molar-refractivity contribution >= 4 is 38.8 Å². The molecule has 0 radical (unpaired) electrons. The molecule has 2 N–H and O–H groups in total. The standard InChI is InChI=1S/C21H19N7OS/c29-20(26-16-13-23-7-6-17(16)28-11-9-22-10-12-28)15-5-8-24-19(25-15)21-27-14-3-1-2-4-18(14)30-21/h1-8,13,22H,9-12H2,(H,26,29). The summed E-state index contributed by atoms with van der Waals surface area (Å²) in [5.74, 6) is 0.140. The summed E-state index contributed by atoms with van der Waals surface area (Å²) in [5, 5.41) is 6.98. The van der Waals surface area contributed by atoms with Gasteiger partial charge in [0.1, 0.15) is 5.69 Å². The van der Waals surface area contributed by atoms with Crippen molar-refractivity contribution in [3.05, 3.63) is 60.7 Å². The number of benzene rings is 1. The van der Waals surface area contributed by atoms with E-state index in [2.05, 4.69) is 35.5 Å². The van der Waals surface area contributed by atoms with Gasteiger partial charge in [-0.25, -0.2) is 15.0 Å². The van der Waals surface area contributed by atoms with Gasteiger partial charge < -0.3 is 15.5 Å². The highest BCUT2D eigenvalue weighted by atomic mass is 32.1. The fraction of sp³-hybridized carbons (Fsp3) is 0.190. The second kappa shape index (κ2) is 8.13. The van der Waals surface area contributed by atoms with Crippen LogP contribution in [0.4, 0.5) is 11.4 Å². The summed E-state index contributed by atoms with van der Waals surface area (Å²) in [6.07, 6.45) is 5.00. The van der Waals surface area contributed by atoms with Crippen molar-refractivity contribution in [2.75, 3.05) is 36.4 Å².